The molecule has 174 valence electrons. The summed E-state index contributed by atoms with van der Waals surface area (Å²) in [4.78, 5) is 32.5. The Kier molecular flexibility index (Phi) is 11.3. The highest BCUT2D eigenvalue weighted by atomic mass is 127. The number of aliphatic imine (C=N–C) groups is 1. The summed E-state index contributed by atoms with van der Waals surface area (Å²) in [5.41, 5.74) is 0. The molecule has 9 nitrogen and oxygen atoms in total. The molecule has 0 spiro atoms. The Morgan fingerprint density at radius 1 is 1.13 bits per heavy atom. The molecule has 2 N–H and O–H groups in total. The van der Waals surface area contributed by atoms with Crippen molar-refractivity contribution in [3.8, 4) is 0 Å². The summed E-state index contributed by atoms with van der Waals surface area (Å²) < 4.78 is 0. The van der Waals surface area contributed by atoms with Gasteiger partial charge in [0.05, 0.1) is 6.54 Å². The monoisotopic (exact) mass is 544 g/mol. The van der Waals surface area contributed by atoms with Gasteiger partial charge in [-0.3, -0.25) is 14.7 Å². The number of guanidine groups is 1. The van der Waals surface area contributed by atoms with Crippen molar-refractivity contribution in [2.75, 3.05) is 63.8 Å². The number of hydrogen-bond acceptors (Lipinski definition) is 6. The van der Waals surface area contributed by atoms with Crippen LogP contribution in [-0.4, -0.2) is 96.6 Å². The van der Waals surface area contributed by atoms with Crippen LogP contribution in [0.5, 0.6) is 0 Å². The zero-order valence-electron chi connectivity index (χ0n) is 18.8. The maximum absolute atomic E-state index is 12.6. The van der Waals surface area contributed by atoms with Crippen LogP contribution in [0.2, 0.25) is 0 Å². The molecule has 0 aliphatic carbocycles. The van der Waals surface area contributed by atoms with Crippen LogP contribution in [0, 0.1) is 0 Å². The van der Waals surface area contributed by atoms with E-state index < -0.39 is 0 Å². The van der Waals surface area contributed by atoms with Crippen molar-refractivity contribution in [3.63, 3.8) is 0 Å². The van der Waals surface area contributed by atoms with E-state index in [1.54, 1.807) is 12.4 Å². The molecule has 3 rings (SSSR count). The Labute approximate surface area is 203 Å². The van der Waals surface area contributed by atoms with Gasteiger partial charge in [-0.15, -0.1) is 24.0 Å². The van der Waals surface area contributed by atoms with Gasteiger partial charge < -0.3 is 20.4 Å². The molecule has 2 aliphatic rings. The average molecular weight is 544 g/mol. The molecule has 2 aliphatic heterocycles. The van der Waals surface area contributed by atoms with Crippen LogP contribution in [0.25, 0.3) is 0 Å². The lowest BCUT2D eigenvalue weighted by Crippen LogP contribution is -2.50. The Morgan fingerprint density at radius 2 is 1.87 bits per heavy atom. The van der Waals surface area contributed by atoms with E-state index in [-0.39, 0.29) is 29.9 Å². The molecule has 0 aromatic carbocycles. The first kappa shape index (κ1) is 25.6. The van der Waals surface area contributed by atoms with Gasteiger partial charge >= 0.3 is 0 Å². The summed E-state index contributed by atoms with van der Waals surface area (Å²) in [7, 11) is 0. The Balaban J connectivity index is 0.00000341. The number of carbonyl (C=O) groups is 1. The summed E-state index contributed by atoms with van der Waals surface area (Å²) in [6.07, 6.45) is 6.45. The Bertz CT molecular complexity index is 681. The normalized spacial score (nSPS) is 19.8. The molecule has 1 aromatic rings. The number of halogens is 1. The van der Waals surface area contributed by atoms with E-state index in [0.717, 1.165) is 44.6 Å². The van der Waals surface area contributed by atoms with E-state index in [1.807, 2.05) is 11.0 Å². The molecule has 10 heteroatoms. The number of hydrogen-bond donors (Lipinski definition) is 2. The fraction of sp³-hybridized carbons (Fsp3) is 0.714. The van der Waals surface area contributed by atoms with E-state index in [9.17, 15) is 4.79 Å². The molecule has 0 saturated carbocycles. The van der Waals surface area contributed by atoms with Crippen molar-refractivity contribution in [3.05, 3.63) is 18.5 Å². The van der Waals surface area contributed by atoms with Gasteiger partial charge in [0.2, 0.25) is 11.9 Å². The van der Waals surface area contributed by atoms with E-state index in [4.69, 9.17) is 4.99 Å². The van der Waals surface area contributed by atoms with Gasteiger partial charge in [-0.25, -0.2) is 9.97 Å². The first-order valence-electron chi connectivity index (χ1n) is 11.3. The molecule has 0 bridgehead atoms. The molecule has 31 heavy (non-hydrogen) atoms. The second-order valence-corrected chi connectivity index (χ2v) is 7.74. The number of nitrogens with zero attached hydrogens (tertiary/aromatic N) is 6. The van der Waals surface area contributed by atoms with Crippen molar-refractivity contribution in [2.24, 2.45) is 4.99 Å². The third kappa shape index (κ3) is 7.74. The highest BCUT2D eigenvalue weighted by Crippen LogP contribution is 2.16. The third-order valence-corrected chi connectivity index (χ3v) is 5.81. The predicted molar refractivity (Wildman–Crippen MR) is 135 cm³/mol. The number of rotatable bonds is 8. The molecular weight excluding hydrogens is 507 g/mol. The minimum atomic E-state index is 0. The molecule has 0 radical (unpaired) electrons. The van der Waals surface area contributed by atoms with Crippen LogP contribution in [0.3, 0.4) is 0 Å². The van der Waals surface area contributed by atoms with Gasteiger partial charge in [-0.05, 0) is 38.9 Å². The van der Waals surface area contributed by atoms with Crippen LogP contribution in [0.1, 0.15) is 33.1 Å². The van der Waals surface area contributed by atoms with E-state index >= 15 is 0 Å². The quantitative estimate of drug-likeness (QED) is 0.289. The van der Waals surface area contributed by atoms with Crippen LogP contribution in [-0.2, 0) is 4.79 Å². The minimum Gasteiger partial charge on any atom is -0.357 e. The van der Waals surface area contributed by atoms with Gasteiger partial charge in [0.25, 0.3) is 0 Å². The van der Waals surface area contributed by atoms with Gasteiger partial charge in [-0.1, -0.05) is 6.92 Å². The molecule has 1 atom stereocenters. The number of likely N-dealkylation sites (N-methyl/N-ethyl adjacent to an activating group) is 1. The lowest BCUT2D eigenvalue weighted by molar-refractivity contribution is -0.131. The van der Waals surface area contributed by atoms with Crippen LogP contribution in [0.15, 0.2) is 23.5 Å². The number of nitrogens with one attached hydrogen (secondary N) is 2. The largest absolute Gasteiger partial charge is 0.357 e. The average Bonchev–Trinajstić information content (AvgIpc) is 3.25. The minimum absolute atomic E-state index is 0. The molecule has 3 heterocycles. The van der Waals surface area contributed by atoms with Gasteiger partial charge in [-0.2, -0.15) is 0 Å². The van der Waals surface area contributed by atoms with E-state index in [2.05, 4.69) is 44.2 Å². The van der Waals surface area contributed by atoms with Crippen LogP contribution in [0.4, 0.5) is 5.95 Å². The van der Waals surface area contributed by atoms with E-state index in [0.29, 0.717) is 32.1 Å². The number of amides is 1. The molecule has 1 amide bonds. The smallest absolute Gasteiger partial charge is 0.225 e. The van der Waals surface area contributed by atoms with E-state index in [1.165, 1.54) is 19.4 Å². The zero-order valence-corrected chi connectivity index (χ0v) is 21.1. The van der Waals surface area contributed by atoms with Gasteiger partial charge in [0.15, 0.2) is 5.96 Å². The molecular formula is C21H37IN8O. The van der Waals surface area contributed by atoms with Crippen molar-refractivity contribution in [1.82, 2.24) is 30.4 Å². The fourth-order valence-corrected chi connectivity index (χ4v) is 4.11. The summed E-state index contributed by atoms with van der Waals surface area (Å²) in [5, 5.41) is 6.62. The lowest BCUT2D eigenvalue weighted by Gasteiger charge is -2.34. The number of carbonyl (C=O) groups excluding carboxylic acids is 1. The topological polar surface area (TPSA) is 89.0 Å². The third-order valence-electron chi connectivity index (χ3n) is 5.81. The standard InChI is InChI=1S/C21H36N8O.HI/c1-3-22-20(26-17-18-7-5-12-27(18)4-2)23-11-8-19(30)28-13-15-29(16-14-28)21-24-9-6-10-25-21;/h6,9-10,18H,3-5,7-8,11-17H2,1-2H3,(H2,22,23,26);1H. The summed E-state index contributed by atoms with van der Waals surface area (Å²) in [6.45, 7) is 11.7. The fourth-order valence-electron chi connectivity index (χ4n) is 4.11. The molecule has 1 unspecified atom stereocenters. The summed E-state index contributed by atoms with van der Waals surface area (Å²) in [5.74, 6) is 1.72. The second kappa shape index (κ2) is 13.7. The van der Waals surface area contributed by atoms with Crippen LogP contribution < -0.4 is 15.5 Å². The number of likely N-dealkylation sites (tertiary alicyclic amines) is 1. The van der Waals surface area contributed by atoms with Crippen molar-refractivity contribution < 1.29 is 4.79 Å². The van der Waals surface area contributed by atoms with Gasteiger partial charge in [0.1, 0.15) is 0 Å². The summed E-state index contributed by atoms with van der Waals surface area (Å²) in [6, 6.07) is 2.35. The second-order valence-electron chi connectivity index (χ2n) is 7.74. The van der Waals surface area contributed by atoms with Crippen molar-refractivity contribution in [1.29, 1.82) is 0 Å². The molecule has 2 fully saturated rings. The maximum atomic E-state index is 12.6. The Morgan fingerprint density at radius 3 is 2.55 bits per heavy atom. The Hall–Kier alpha value is -1.69. The van der Waals surface area contributed by atoms with Crippen LogP contribution >= 0.6 is 24.0 Å². The molecule has 2 saturated heterocycles. The highest BCUT2D eigenvalue weighted by molar-refractivity contribution is 14.0. The maximum Gasteiger partial charge on any atom is 0.225 e. The lowest BCUT2D eigenvalue weighted by atomic mass is 10.2. The predicted octanol–water partition coefficient (Wildman–Crippen LogP) is 1.17. The number of piperazine rings is 1. The van der Waals surface area contributed by atoms with Crippen molar-refractivity contribution >= 4 is 41.8 Å². The number of anilines is 1. The highest BCUT2D eigenvalue weighted by Gasteiger charge is 2.23. The summed E-state index contributed by atoms with van der Waals surface area (Å²) >= 11 is 0. The number of aromatic nitrogens is 2. The first-order chi connectivity index (χ1) is 14.7. The zero-order chi connectivity index (χ0) is 21.2. The first-order valence-corrected chi connectivity index (χ1v) is 11.3. The molecule has 1 aromatic heterocycles. The SMILES string of the molecule is CCNC(=NCC1CCCN1CC)NCCC(=O)N1CCN(c2ncccn2)CC1.I. The van der Waals surface area contributed by atoms with Crippen molar-refractivity contribution in [2.45, 2.75) is 39.2 Å². The van der Waals surface area contributed by atoms with Gasteiger partial charge in [0, 0.05) is 64.1 Å².